The summed E-state index contributed by atoms with van der Waals surface area (Å²) in [5.74, 6) is 1.40. The van der Waals surface area contributed by atoms with Gasteiger partial charge in [-0.05, 0) is 18.9 Å². The van der Waals surface area contributed by atoms with E-state index in [-0.39, 0.29) is 11.9 Å². The van der Waals surface area contributed by atoms with E-state index in [4.69, 9.17) is 0 Å². The number of carbonyl (C=O) groups excluding carboxylic acids is 1. The van der Waals surface area contributed by atoms with Crippen molar-refractivity contribution in [3.05, 3.63) is 0 Å². The Hall–Kier alpha value is -0.610. The molecule has 1 heterocycles. The molecule has 0 aromatic heterocycles. The molecular weight excluding hydrogens is 214 g/mol. The zero-order chi connectivity index (χ0) is 13.0. The van der Waals surface area contributed by atoms with Crippen LogP contribution >= 0.6 is 0 Å². The second-order valence-electron chi connectivity index (χ2n) is 5.75. The van der Waals surface area contributed by atoms with Gasteiger partial charge in [-0.3, -0.25) is 9.69 Å². The molecule has 0 saturated carbocycles. The van der Waals surface area contributed by atoms with Crippen LogP contribution < -0.4 is 5.32 Å². The Kier molecular flexibility index (Phi) is 5.40. The van der Waals surface area contributed by atoms with Crippen LogP contribution in [0.4, 0.5) is 0 Å². The fourth-order valence-corrected chi connectivity index (χ4v) is 2.63. The van der Waals surface area contributed by atoms with Gasteiger partial charge in [0.2, 0.25) is 5.91 Å². The van der Waals surface area contributed by atoms with Gasteiger partial charge in [-0.2, -0.15) is 0 Å². The van der Waals surface area contributed by atoms with Crippen LogP contribution in [-0.2, 0) is 4.79 Å². The second-order valence-corrected chi connectivity index (χ2v) is 5.75. The Morgan fingerprint density at radius 3 is 2.59 bits per heavy atom. The highest BCUT2D eigenvalue weighted by molar-refractivity contribution is 5.82. The number of hydrogen-bond donors (Lipinski definition) is 1. The molecule has 4 nitrogen and oxygen atoms in total. The Balaban J connectivity index is 2.83. The van der Waals surface area contributed by atoms with Gasteiger partial charge >= 0.3 is 0 Å². The number of rotatable bonds is 4. The second kappa shape index (κ2) is 6.36. The van der Waals surface area contributed by atoms with E-state index >= 15 is 0 Å². The molecule has 1 amide bonds. The van der Waals surface area contributed by atoms with Gasteiger partial charge in [0.05, 0.1) is 0 Å². The van der Waals surface area contributed by atoms with E-state index in [1.165, 1.54) is 0 Å². The molecule has 4 heteroatoms. The first kappa shape index (κ1) is 14.5. The van der Waals surface area contributed by atoms with Gasteiger partial charge in [0.25, 0.3) is 0 Å². The molecule has 2 atom stereocenters. The standard InChI is InChI=1S/C13H27N3O/c1-10(2)7-16-9-11(3)8-15(5)13(17)12(16)6-14-4/h10-12,14H,6-9H2,1-5H3. The van der Waals surface area contributed by atoms with Gasteiger partial charge < -0.3 is 10.2 Å². The van der Waals surface area contributed by atoms with Crippen molar-refractivity contribution in [1.82, 2.24) is 15.1 Å². The third-order valence-corrected chi connectivity index (χ3v) is 3.23. The van der Waals surface area contributed by atoms with Crippen molar-refractivity contribution in [1.29, 1.82) is 0 Å². The van der Waals surface area contributed by atoms with E-state index in [1.807, 2.05) is 19.0 Å². The monoisotopic (exact) mass is 241 g/mol. The maximum atomic E-state index is 12.3. The van der Waals surface area contributed by atoms with E-state index in [2.05, 4.69) is 31.0 Å². The van der Waals surface area contributed by atoms with Gasteiger partial charge in [-0.15, -0.1) is 0 Å². The molecule has 1 aliphatic heterocycles. The van der Waals surface area contributed by atoms with Gasteiger partial charge in [0.1, 0.15) is 6.04 Å². The quantitative estimate of drug-likeness (QED) is 0.784. The summed E-state index contributed by atoms with van der Waals surface area (Å²) < 4.78 is 0. The molecule has 0 aliphatic carbocycles. The average molecular weight is 241 g/mol. The summed E-state index contributed by atoms with van der Waals surface area (Å²) in [6.07, 6.45) is 0. The SMILES string of the molecule is CNCC1C(=O)N(C)CC(C)CN1CC(C)C. The molecule has 1 rings (SSSR count). The van der Waals surface area contributed by atoms with E-state index in [1.54, 1.807) is 0 Å². The highest BCUT2D eigenvalue weighted by atomic mass is 16.2. The minimum atomic E-state index is -0.00245. The Morgan fingerprint density at radius 2 is 2.06 bits per heavy atom. The smallest absolute Gasteiger partial charge is 0.240 e. The van der Waals surface area contributed by atoms with Crippen molar-refractivity contribution in [3.8, 4) is 0 Å². The number of hydrogen-bond acceptors (Lipinski definition) is 3. The number of nitrogens with zero attached hydrogens (tertiary/aromatic N) is 2. The van der Waals surface area contributed by atoms with Crippen LogP contribution in [0.2, 0.25) is 0 Å². The van der Waals surface area contributed by atoms with Crippen LogP contribution in [-0.4, -0.2) is 62.0 Å². The van der Waals surface area contributed by atoms with Crippen LogP contribution in [0.1, 0.15) is 20.8 Å². The summed E-state index contributed by atoms with van der Waals surface area (Å²) in [5.41, 5.74) is 0. The minimum absolute atomic E-state index is 0.00245. The molecule has 1 aliphatic rings. The first-order chi connectivity index (χ1) is 7.95. The van der Waals surface area contributed by atoms with E-state index in [0.29, 0.717) is 11.8 Å². The molecular formula is C13H27N3O. The molecule has 100 valence electrons. The van der Waals surface area contributed by atoms with Crippen LogP contribution in [0.3, 0.4) is 0 Å². The molecule has 1 N–H and O–H groups in total. The summed E-state index contributed by atoms with van der Waals surface area (Å²) in [7, 11) is 3.83. The van der Waals surface area contributed by atoms with Gasteiger partial charge in [-0.25, -0.2) is 0 Å². The Bertz CT molecular complexity index is 255. The minimum Gasteiger partial charge on any atom is -0.344 e. The maximum absolute atomic E-state index is 12.3. The predicted molar refractivity (Wildman–Crippen MR) is 70.9 cm³/mol. The van der Waals surface area contributed by atoms with Crippen LogP contribution in [0, 0.1) is 11.8 Å². The molecule has 1 saturated heterocycles. The summed E-state index contributed by atoms with van der Waals surface area (Å²) >= 11 is 0. The van der Waals surface area contributed by atoms with Crippen molar-refractivity contribution in [3.63, 3.8) is 0 Å². The number of likely N-dealkylation sites (N-methyl/N-ethyl adjacent to an activating group) is 2. The fraction of sp³-hybridized carbons (Fsp3) is 0.923. The fourth-order valence-electron chi connectivity index (χ4n) is 2.63. The average Bonchev–Trinajstić information content (AvgIpc) is 2.30. The summed E-state index contributed by atoms with van der Waals surface area (Å²) in [5, 5.41) is 3.15. The van der Waals surface area contributed by atoms with Gasteiger partial charge in [-0.1, -0.05) is 20.8 Å². The normalized spacial score (nSPS) is 27.6. The highest BCUT2D eigenvalue weighted by Crippen LogP contribution is 2.15. The lowest BCUT2D eigenvalue weighted by atomic mass is 10.1. The largest absolute Gasteiger partial charge is 0.344 e. The van der Waals surface area contributed by atoms with Crippen molar-refractivity contribution in [2.45, 2.75) is 26.8 Å². The van der Waals surface area contributed by atoms with Crippen molar-refractivity contribution < 1.29 is 4.79 Å². The number of nitrogens with one attached hydrogen (secondary N) is 1. The van der Waals surface area contributed by atoms with E-state index in [0.717, 1.165) is 26.2 Å². The van der Waals surface area contributed by atoms with Crippen LogP contribution in [0.5, 0.6) is 0 Å². The topological polar surface area (TPSA) is 35.6 Å². The molecule has 1 fully saturated rings. The number of amides is 1. The van der Waals surface area contributed by atoms with E-state index in [9.17, 15) is 4.79 Å². The molecule has 0 radical (unpaired) electrons. The summed E-state index contributed by atoms with van der Waals surface area (Å²) in [6.45, 7) is 10.3. The third kappa shape index (κ3) is 3.96. The lowest BCUT2D eigenvalue weighted by Crippen LogP contribution is -2.50. The molecule has 17 heavy (non-hydrogen) atoms. The van der Waals surface area contributed by atoms with Crippen LogP contribution in [0.15, 0.2) is 0 Å². The number of carbonyl (C=O) groups is 1. The molecule has 0 bridgehead atoms. The summed E-state index contributed by atoms with van der Waals surface area (Å²) in [4.78, 5) is 16.5. The highest BCUT2D eigenvalue weighted by Gasteiger charge is 2.32. The third-order valence-electron chi connectivity index (χ3n) is 3.23. The van der Waals surface area contributed by atoms with Gasteiger partial charge in [0.15, 0.2) is 0 Å². The molecule has 0 aromatic rings. The predicted octanol–water partition coefficient (Wildman–Crippen LogP) is 0.641. The zero-order valence-electron chi connectivity index (χ0n) is 11.9. The molecule has 2 unspecified atom stereocenters. The van der Waals surface area contributed by atoms with Crippen molar-refractivity contribution >= 4 is 5.91 Å². The van der Waals surface area contributed by atoms with Crippen LogP contribution in [0.25, 0.3) is 0 Å². The lowest BCUT2D eigenvalue weighted by molar-refractivity contribution is -0.134. The Morgan fingerprint density at radius 1 is 1.41 bits per heavy atom. The summed E-state index contributed by atoms with van der Waals surface area (Å²) in [6, 6.07) is -0.00245. The van der Waals surface area contributed by atoms with Gasteiger partial charge in [0, 0.05) is 33.2 Å². The van der Waals surface area contributed by atoms with E-state index < -0.39 is 0 Å². The maximum Gasteiger partial charge on any atom is 0.240 e. The first-order valence-electron chi connectivity index (χ1n) is 6.59. The molecule has 0 aromatic carbocycles. The van der Waals surface area contributed by atoms with Crippen molar-refractivity contribution in [2.75, 3.05) is 40.3 Å². The zero-order valence-corrected chi connectivity index (χ0v) is 11.9. The Labute approximate surface area is 105 Å². The first-order valence-corrected chi connectivity index (χ1v) is 6.59. The van der Waals surface area contributed by atoms with Crippen molar-refractivity contribution in [2.24, 2.45) is 11.8 Å². The molecule has 0 spiro atoms. The lowest BCUT2D eigenvalue weighted by Gasteiger charge is -2.31.